The summed E-state index contributed by atoms with van der Waals surface area (Å²) in [7, 11) is 0. The van der Waals surface area contributed by atoms with E-state index in [9.17, 15) is 0 Å². The molecule has 0 heterocycles. The van der Waals surface area contributed by atoms with E-state index in [1.54, 1.807) is 0 Å². The van der Waals surface area contributed by atoms with Crippen molar-refractivity contribution in [1.29, 1.82) is 0 Å². The van der Waals surface area contributed by atoms with Crippen molar-refractivity contribution in [2.45, 2.75) is 23.6 Å². The highest BCUT2D eigenvalue weighted by Crippen LogP contribution is 2.33. The molecule has 0 saturated heterocycles. The number of hydrogen-bond donors (Lipinski definition) is 0. The fourth-order valence-corrected chi connectivity index (χ4v) is 2.81. The Kier molecular flexibility index (Phi) is 3.72. The van der Waals surface area contributed by atoms with Crippen molar-refractivity contribution in [3.63, 3.8) is 0 Å². The summed E-state index contributed by atoms with van der Waals surface area (Å²) >= 11 is 5.28. The highest BCUT2D eigenvalue weighted by Gasteiger charge is 2.03. The van der Waals surface area contributed by atoms with Crippen LogP contribution in [0.2, 0.25) is 0 Å². The third-order valence-corrected chi connectivity index (χ3v) is 4.33. The number of halogens is 1. The first-order valence-electron chi connectivity index (χ1n) is 5.16. The molecule has 0 atom stereocenters. The molecule has 0 aliphatic heterocycles. The summed E-state index contributed by atoms with van der Waals surface area (Å²) in [6.45, 7) is 4.32. The fourth-order valence-electron chi connectivity index (χ4n) is 1.58. The predicted octanol–water partition coefficient (Wildman–Crippen LogP) is 5.22. The minimum absolute atomic E-state index is 1.12. The highest BCUT2D eigenvalue weighted by molar-refractivity contribution is 9.10. The van der Waals surface area contributed by atoms with E-state index in [1.165, 1.54) is 20.9 Å². The van der Waals surface area contributed by atoms with Crippen LogP contribution >= 0.6 is 27.7 Å². The number of aryl methyl sites for hydroxylation is 2. The number of hydrogen-bond acceptors (Lipinski definition) is 1. The Bertz CT molecular complexity index is 468. The summed E-state index contributed by atoms with van der Waals surface area (Å²) in [6, 6.07) is 14.9. The van der Waals surface area contributed by atoms with Crippen molar-refractivity contribution in [2.75, 3.05) is 0 Å². The molecule has 16 heavy (non-hydrogen) atoms. The zero-order chi connectivity index (χ0) is 11.5. The molecule has 82 valence electrons. The third-order valence-electron chi connectivity index (χ3n) is 2.44. The van der Waals surface area contributed by atoms with Crippen molar-refractivity contribution in [3.05, 3.63) is 58.1 Å². The standard InChI is InChI=1S/C14H13BrS/c1-10-4-3-5-11(2)14(10)16-13-8-6-12(15)7-9-13/h3-9H,1-2H3. The summed E-state index contributed by atoms with van der Waals surface area (Å²) in [4.78, 5) is 2.64. The molecule has 0 aliphatic rings. The maximum atomic E-state index is 3.45. The smallest absolute Gasteiger partial charge is 0.0180 e. The lowest BCUT2D eigenvalue weighted by atomic mass is 10.2. The zero-order valence-corrected chi connectivity index (χ0v) is 11.7. The van der Waals surface area contributed by atoms with E-state index >= 15 is 0 Å². The molecule has 0 N–H and O–H groups in total. The lowest BCUT2D eigenvalue weighted by Crippen LogP contribution is -1.84. The molecular weight excluding hydrogens is 280 g/mol. The lowest BCUT2D eigenvalue weighted by Gasteiger charge is -2.08. The van der Waals surface area contributed by atoms with Crippen LogP contribution in [-0.2, 0) is 0 Å². The minimum Gasteiger partial charge on any atom is -0.0895 e. The molecular formula is C14H13BrS. The Labute approximate surface area is 109 Å². The van der Waals surface area contributed by atoms with E-state index in [0.717, 1.165) is 4.47 Å². The summed E-state index contributed by atoms with van der Waals surface area (Å²) < 4.78 is 1.12. The van der Waals surface area contributed by atoms with Gasteiger partial charge in [-0.15, -0.1) is 0 Å². The van der Waals surface area contributed by atoms with E-state index in [2.05, 4.69) is 72.2 Å². The second-order valence-corrected chi connectivity index (χ2v) is 5.78. The molecule has 0 unspecified atom stereocenters. The Morgan fingerprint density at radius 3 is 2.00 bits per heavy atom. The molecule has 0 nitrogen and oxygen atoms in total. The lowest BCUT2D eigenvalue weighted by molar-refractivity contribution is 1.21. The van der Waals surface area contributed by atoms with Crippen molar-refractivity contribution in [2.24, 2.45) is 0 Å². The number of benzene rings is 2. The van der Waals surface area contributed by atoms with Crippen LogP contribution in [0.4, 0.5) is 0 Å². The highest BCUT2D eigenvalue weighted by atomic mass is 79.9. The van der Waals surface area contributed by atoms with Gasteiger partial charge in [0.15, 0.2) is 0 Å². The average Bonchev–Trinajstić information content (AvgIpc) is 2.26. The fraction of sp³-hybridized carbons (Fsp3) is 0.143. The van der Waals surface area contributed by atoms with Gasteiger partial charge in [-0.05, 0) is 49.2 Å². The SMILES string of the molecule is Cc1cccc(C)c1Sc1ccc(Br)cc1. The second kappa shape index (κ2) is 5.07. The van der Waals surface area contributed by atoms with Gasteiger partial charge in [-0.1, -0.05) is 45.9 Å². The molecule has 2 rings (SSSR count). The third kappa shape index (κ3) is 2.69. The Balaban J connectivity index is 2.30. The van der Waals surface area contributed by atoms with Gasteiger partial charge in [0.2, 0.25) is 0 Å². The average molecular weight is 293 g/mol. The van der Waals surface area contributed by atoms with Gasteiger partial charge in [0.25, 0.3) is 0 Å². The predicted molar refractivity (Wildman–Crippen MR) is 74.2 cm³/mol. The monoisotopic (exact) mass is 292 g/mol. The summed E-state index contributed by atoms with van der Waals surface area (Å²) in [6.07, 6.45) is 0. The van der Waals surface area contributed by atoms with Crippen LogP contribution in [0.15, 0.2) is 56.7 Å². The molecule has 0 bridgehead atoms. The van der Waals surface area contributed by atoms with E-state index < -0.39 is 0 Å². The van der Waals surface area contributed by atoms with Crippen LogP contribution in [0.3, 0.4) is 0 Å². The quantitative estimate of drug-likeness (QED) is 0.731. The molecule has 0 fully saturated rings. The molecule has 0 saturated carbocycles. The molecule has 0 aliphatic carbocycles. The molecule has 2 aromatic carbocycles. The van der Waals surface area contributed by atoms with Gasteiger partial charge in [0.1, 0.15) is 0 Å². The molecule has 2 aromatic rings. The second-order valence-electron chi connectivity index (χ2n) is 3.78. The Morgan fingerprint density at radius 2 is 1.44 bits per heavy atom. The van der Waals surface area contributed by atoms with E-state index in [-0.39, 0.29) is 0 Å². The summed E-state index contributed by atoms with van der Waals surface area (Å²) in [5.74, 6) is 0. The van der Waals surface area contributed by atoms with Crippen molar-refractivity contribution >= 4 is 27.7 Å². The van der Waals surface area contributed by atoms with Crippen molar-refractivity contribution in [3.8, 4) is 0 Å². The van der Waals surface area contributed by atoms with Gasteiger partial charge in [0, 0.05) is 14.3 Å². The van der Waals surface area contributed by atoms with Crippen LogP contribution in [0.25, 0.3) is 0 Å². The first-order valence-corrected chi connectivity index (χ1v) is 6.77. The van der Waals surface area contributed by atoms with Gasteiger partial charge in [-0.25, -0.2) is 0 Å². The molecule has 0 aromatic heterocycles. The molecule has 0 amide bonds. The van der Waals surface area contributed by atoms with Crippen LogP contribution in [0.1, 0.15) is 11.1 Å². The van der Waals surface area contributed by atoms with Crippen molar-refractivity contribution in [1.82, 2.24) is 0 Å². The first-order chi connectivity index (χ1) is 7.66. The van der Waals surface area contributed by atoms with E-state index in [0.29, 0.717) is 0 Å². The number of rotatable bonds is 2. The van der Waals surface area contributed by atoms with Gasteiger partial charge < -0.3 is 0 Å². The van der Waals surface area contributed by atoms with Crippen molar-refractivity contribution < 1.29 is 0 Å². The van der Waals surface area contributed by atoms with Gasteiger partial charge in [-0.2, -0.15) is 0 Å². The van der Waals surface area contributed by atoms with E-state index in [1.807, 2.05) is 11.8 Å². The van der Waals surface area contributed by atoms with E-state index in [4.69, 9.17) is 0 Å². The van der Waals surface area contributed by atoms with Gasteiger partial charge >= 0.3 is 0 Å². The normalized spacial score (nSPS) is 10.4. The van der Waals surface area contributed by atoms with Gasteiger partial charge in [-0.3, -0.25) is 0 Å². The summed E-state index contributed by atoms with van der Waals surface area (Å²) in [5.41, 5.74) is 2.68. The summed E-state index contributed by atoms with van der Waals surface area (Å²) in [5, 5.41) is 0. The maximum absolute atomic E-state index is 3.45. The minimum atomic E-state index is 1.12. The Hall–Kier alpha value is -0.730. The largest absolute Gasteiger partial charge is 0.0895 e. The van der Waals surface area contributed by atoms with Crippen LogP contribution in [0.5, 0.6) is 0 Å². The topological polar surface area (TPSA) is 0 Å². The molecule has 0 spiro atoms. The molecule has 0 radical (unpaired) electrons. The Morgan fingerprint density at radius 1 is 0.875 bits per heavy atom. The van der Waals surface area contributed by atoms with Crippen LogP contribution in [0, 0.1) is 13.8 Å². The zero-order valence-electron chi connectivity index (χ0n) is 9.33. The van der Waals surface area contributed by atoms with Crippen LogP contribution in [-0.4, -0.2) is 0 Å². The first kappa shape index (κ1) is 11.7. The maximum Gasteiger partial charge on any atom is 0.0180 e. The van der Waals surface area contributed by atoms with Gasteiger partial charge in [0.05, 0.1) is 0 Å². The van der Waals surface area contributed by atoms with Crippen LogP contribution < -0.4 is 0 Å². The molecule has 2 heteroatoms.